The van der Waals surface area contributed by atoms with E-state index in [1.807, 2.05) is 12.2 Å². The Morgan fingerprint density at radius 3 is 2.18 bits per heavy atom. The molecule has 1 aliphatic rings. The third kappa shape index (κ3) is 26.4. The third-order valence-corrected chi connectivity index (χ3v) is 0.586. The maximum absolute atomic E-state index is 8.89. The minimum absolute atomic E-state index is 0. The van der Waals surface area contributed by atoms with Crippen molar-refractivity contribution in [2.24, 2.45) is 0 Å². The monoisotopic (exact) mass is 194 g/mol. The van der Waals surface area contributed by atoms with Gasteiger partial charge < -0.3 is 17.3 Å². The first-order chi connectivity index (χ1) is 4.23. The zero-order valence-electron chi connectivity index (χ0n) is 6.63. The zero-order chi connectivity index (χ0) is 7.11. The molecule has 0 fully saturated rings. The molecule has 0 aliphatic heterocycles. The van der Waals surface area contributed by atoms with E-state index in [0.717, 1.165) is 13.3 Å². The Kier molecular flexibility index (Phi) is 18.6. The number of rotatable bonds is 0. The topological polar surface area (TPSA) is 40.1 Å². The van der Waals surface area contributed by atoms with Gasteiger partial charge in [0, 0.05) is 5.97 Å². The molecule has 0 aromatic heterocycles. The van der Waals surface area contributed by atoms with Gasteiger partial charge in [0.1, 0.15) is 0 Å². The molecule has 0 unspecified atom stereocenters. The Balaban J connectivity index is -0.000000101. The number of carboxylic acid groups (broad SMARTS) is 1. The van der Waals surface area contributed by atoms with Crippen molar-refractivity contribution in [3.8, 4) is 0 Å². The second kappa shape index (κ2) is 12.2. The predicted molar refractivity (Wildman–Crippen MR) is 38.7 cm³/mol. The molecule has 0 spiro atoms. The van der Waals surface area contributed by atoms with Crippen LogP contribution < -0.4 is 5.11 Å². The van der Waals surface area contributed by atoms with E-state index in [0.29, 0.717) is 0 Å². The fourth-order valence-corrected chi connectivity index (χ4v) is 0.340. The van der Waals surface area contributed by atoms with Gasteiger partial charge in [-0.2, -0.15) is 6.08 Å². The van der Waals surface area contributed by atoms with Crippen LogP contribution in [-0.2, 0) is 21.9 Å². The van der Waals surface area contributed by atoms with Crippen LogP contribution in [0.15, 0.2) is 18.2 Å². The fraction of sp³-hybridized carbons (Fsp3) is 0.250. The number of hydrogen-bond donors (Lipinski definition) is 0. The van der Waals surface area contributed by atoms with Crippen LogP contribution in [0.5, 0.6) is 0 Å². The van der Waals surface area contributed by atoms with Crippen LogP contribution in [0.4, 0.5) is 0 Å². The number of allylic oxidation sites excluding steroid dienone is 4. The summed E-state index contributed by atoms with van der Waals surface area (Å²) in [5.74, 6) is -1.08. The van der Waals surface area contributed by atoms with E-state index in [1.165, 1.54) is 0 Å². The van der Waals surface area contributed by atoms with E-state index >= 15 is 0 Å². The molecule has 3 heteroatoms. The standard InChI is InChI=1S/C5H5.C2H4O2.CH3.Mn/c1-2-4-5-3-1;1-2(3)4;;/h1-3H,4H2;1H3,(H,3,4);1H3;/q-1;;-1;+3/p-1. The van der Waals surface area contributed by atoms with Crippen molar-refractivity contribution in [3.63, 3.8) is 0 Å². The average Bonchev–Trinajstić information content (AvgIpc) is 2.11. The second-order valence-electron chi connectivity index (χ2n) is 1.49. The van der Waals surface area contributed by atoms with Crippen LogP contribution in [0.25, 0.3) is 0 Å². The summed E-state index contributed by atoms with van der Waals surface area (Å²) < 4.78 is 0. The third-order valence-electron chi connectivity index (χ3n) is 0.586. The van der Waals surface area contributed by atoms with Gasteiger partial charge in [0.2, 0.25) is 0 Å². The second-order valence-corrected chi connectivity index (χ2v) is 1.49. The first-order valence-corrected chi connectivity index (χ1v) is 2.63. The van der Waals surface area contributed by atoms with Crippen LogP contribution in [0.3, 0.4) is 0 Å². The minimum atomic E-state index is -1.08. The summed E-state index contributed by atoms with van der Waals surface area (Å²) in [5, 5.41) is 8.89. The van der Waals surface area contributed by atoms with E-state index in [1.54, 1.807) is 0 Å². The Morgan fingerprint density at radius 2 is 2.09 bits per heavy atom. The number of hydrogen-bond acceptors (Lipinski definition) is 2. The van der Waals surface area contributed by atoms with E-state index in [9.17, 15) is 0 Å². The summed E-state index contributed by atoms with van der Waals surface area (Å²) in [6.07, 6.45) is 10.0. The largest absolute Gasteiger partial charge is 3.00 e. The predicted octanol–water partition coefficient (Wildman–Crippen LogP) is 0.510. The number of carbonyl (C=O) groups is 1. The number of aliphatic carboxylic acids is 1. The van der Waals surface area contributed by atoms with Crippen LogP contribution in [0, 0.1) is 13.5 Å². The van der Waals surface area contributed by atoms with Crippen molar-refractivity contribution in [1.82, 2.24) is 0 Å². The Bertz CT molecular complexity index is 125. The molecule has 1 rings (SSSR count). The zero-order valence-corrected chi connectivity index (χ0v) is 7.81. The molecule has 62 valence electrons. The Labute approximate surface area is 78.5 Å². The van der Waals surface area contributed by atoms with E-state index < -0.39 is 5.97 Å². The van der Waals surface area contributed by atoms with Gasteiger partial charge in [-0.1, -0.05) is 0 Å². The number of carboxylic acids is 1. The molecular weight excluding hydrogens is 183 g/mol. The van der Waals surface area contributed by atoms with Crippen LogP contribution >= 0.6 is 0 Å². The molecule has 0 bridgehead atoms. The van der Waals surface area contributed by atoms with E-state index in [2.05, 4.69) is 12.2 Å². The van der Waals surface area contributed by atoms with Gasteiger partial charge in [0.15, 0.2) is 0 Å². The molecule has 0 radical (unpaired) electrons. The Morgan fingerprint density at radius 1 is 1.64 bits per heavy atom. The fourth-order valence-electron chi connectivity index (χ4n) is 0.340. The molecule has 0 aromatic rings. The van der Waals surface area contributed by atoms with Crippen LogP contribution in [0.2, 0.25) is 0 Å². The van der Waals surface area contributed by atoms with Gasteiger partial charge in [-0.05, 0) is 6.92 Å². The maximum Gasteiger partial charge on any atom is 3.00 e. The van der Waals surface area contributed by atoms with Crippen LogP contribution in [-0.4, -0.2) is 5.97 Å². The molecule has 0 N–H and O–H groups in total. The van der Waals surface area contributed by atoms with Crippen molar-refractivity contribution >= 4 is 5.97 Å². The van der Waals surface area contributed by atoms with E-state index in [-0.39, 0.29) is 24.5 Å². The minimum Gasteiger partial charge on any atom is -0.550 e. The molecule has 0 aromatic carbocycles. The SMILES string of the molecule is CC(=O)[O-].[C-]1=CC=CC1.[CH3-].[Mn+3]. The quantitative estimate of drug-likeness (QED) is 0.416. The van der Waals surface area contributed by atoms with Crippen molar-refractivity contribution in [3.05, 3.63) is 31.7 Å². The Hall–Kier alpha value is -0.531. The summed E-state index contributed by atoms with van der Waals surface area (Å²) in [5.41, 5.74) is 0. The molecule has 0 saturated heterocycles. The first-order valence-electron chi connectivity index (χ1n) is 2.63. The molecule has 11 heavy (non-hydrogen) atoms. The smallest absolute Gasteiger partial charge is 0.550 e. The van der Waals surface area contributed by atoms with Crippen molar-refractivity contribution in [1.29, 1.82) is 0 Å². The molecule has 1 aliphatic carbocycles. The summed E-state index contributed by atoms with van der Waals surface area (Å²) >= 11 is 0. The van der Waals surface area contributed by atoms with Crippen molar-refractivity contribution in [2.45, 2.75) is 13.3 Å². The van der Waals surface area contributed by atoms with Crippen molar-refractivity contribution in [2.75, 3.05) is 0 Å². The van der Waals surface area contributed by atoms with Gasteiger partial charge in [0.25, 0.3) is 0 Å². The van der Waals surface area contributed by atoms with Gasteiger partial charge in [-0.3, -0.25) is 6.08 Å². The average molecular weight is 194 g/mol. The molecule has 0 saturated carbocycles. The molecule has 0 atom stereocenters. The molecule has 0 amide bonds. The summed E-state index contributed by atoms with van der Waals surface area (Å²) in [6, 6.07) is 0. The molecule has 2 nitrogen and oxygen atoms in total. The van der Waals surface area contributed by atoms with E-state index in [4.69, 9.17) is 9.90 Å². The normalized spacial score (nSPS) is 10.3. The van der Waals surface area contributed by atoms with Gasteiger partial charge in [0.05, 0.1) is 0 Å². The number of carbonyl (C=O) groups excluding carboxylic acids is 1. The van der Waals surface area contributed by atoms with Gasteiger partial charge in [-0.25, -0.2) is 12.2 Å². The first kappa shape index (κ1) is 16.8. The summed E-state index contributed by atoms with van der Waals surface area (Å²) in [7, 11) is 0. The summed E-state index contributed by atoms with van der Waals surface area (Å²) in [4.78, 5) is 8.89. The molecular formula is C8H11MnO2. The van der Waals surface area contributed by atoms with Crippen LogP contribution in [0.1, 0.15) is 13.3 Å². The summed E-state index contributed by atoms with van der Waals surface area (Å²) in [6.45, 7) is 0.972. The molecule has 0 heterocycles. The van der Waals surface area contributed by atoms with Gasteiger partial charge >= 0.3 is 17.1 Å². The van der Waals surface area contributed by atoms with Gasteiger partial charge in [-0.15, -0.1) is 6.42 Å². The van der Waals surface area contributed by atoms with Crippen molar-refractivity contribution < 1.29 is 27.0 Å². The maximum atomic E-state index is 8.89.